The Balaban J connectivity index is 2.42. The summed E-state index contributed by atoms with van der Waals surface area (Å²) in [4.78, 5) is 21.5. The highest BCUT2D eigenvalue weighted by Crippen LogP contribution is 2.04. The molecule has 0 radical (unpaired) electrons. The molecule has 0 N–H and O–H groups in total. The van der Waals surface area contributed by atoms with E-state index in [1.54, 1.807) is 0 Å². The molecular weight excluding hydrogens is 122 g/mol. The van der Waals surface area contributed by atoms with Crippen molar-refractivity contribution in [3.05, 3.63) is 0 Å². The second kappa shape index (κ2) is 2.05. The Bertz CT molecular complexity index is 150. The molecule has 1 rings (SSSR count). The highest BCUT2D eigenvalue weighted by Gasteiger charge is 2.20. The third-order valence-corrected chi connectivity index (χ3v) is 1.32. The summed E-state index contributed by atoms with van der Waals surface area (Å²) >= 11 is 0. The van der Waals surface area contributed by atoms with Crippen LogP contribution in [0.3, 0.4) is 0 Å². The number of nitrogens with zero attached hydrogens (tertiary/aromatic N) is 1. The molecule has 0 bridgehead atoms. The molecule has 1 fully saturated rings. The van der Waals surface area contributed by atoms with Gasteiger partial charge in [-0.15, -0.1) is 0 Å². The van der Waals surface area contributed by atoms with E-state index in [0.717, 1.165) is 6.42 Å². The number of likely N-dealkylation sites (tertiary alicyclic amines) is 1. The summed E-state index contributed by atoms with van der Waals surface area (Å²) in [5.74, 6) is -2.49. The molecule has 0 saturated carbocycles. The van der Waals surface area contributed by atoms with Gasteiger partial charge in [0.05, 0.1) is 0 Å². The molecule has 0 aliphatic carbocycles. The smallest absolute Gasteiger partial charge is 0.269 e. The van der Waals surface area contributed by atoms with Gasteiger partial charge in [0.2, 0.25) is 0 Å². The van der Waals surface area contributed by atoms with E-state index in [2.05, 4.69) is 0 Å². The van der Waals surface area contributed by atoms with Crippen molar-refractivity contribution in [2.24, 2.45) is 0 Å². The molecule has 4 heteroatoms. The molecule has 0 aromatic heterocycles. The fourth-order valence-electron chi connectivity index (χ4n) is 0.648. The molecule has 0 aromatic rings. The van der Waals surface area contributed by atoms with Gasteiger partial charge in [0, 0.05) is 13.1 Å². The molecule has 1 saturated heterocycles. The van der Waals surface area contributed by atoms with E-state index >= 15 is 0 Å². The zero-order valence-corrected chi connectivity index (χ0v) is 4.79. The Labute approximate surface area is 52.1 Å². The van der Waals surface area contributed by atoms with E-state index < -0.39 is 11.9 Å². The van der Waals surface area contributed by atoms with Crippen LogP contribution in [0.2, 0.25) is 0 Å². The number of carboxylic acids is 1. The maximum Gasteiger partial charge on any atom is 0.269 e. The maximum atomic E-state index is 10.4. The number of amides is 1. The quantitative estimate of drug-likeness (QED) is 0.353. The number of carboxylic acid groups (broad SMARTS) is 1. The minimum atomic E-state index is -1.60. The molecule has 0 unspecified atom stereocenters. The number of rotatable bonds is 0. The zero-order chi connectivity index (χ0) is 6.85. The lowest BCUT2D eigenvalue weighted by Crippen LogP contribution is -2.50. The van der Waals surface area contributed by atoms with Crippen molar-refractivity contribution in [2.45, 2.75) is 6.42 Å². The molecular formula is C5H6NO3-. The van der Waals surface area contributed by atoms with E-state index in [9.17, 15) is 14.7 Å². The largest absolute Gasteiger partial charge is 0.540 e. The standard InChI is InChI=1S/C5H7NO3/c7-4(5(8)9)6-2-1-3-6/h1-3H2,(H,8,9)/p-1. The normalized spacial score (nSPS) is 16.7. The summed E-state index contributed by atoms with van der Waals surface area (Å²) in [5.41, 5.74) is 0. The third-order valence-electron chi connectivity index (χ3n) is 1.32. The van der Waals surface area contributed by atoms with Crippen LogP contribution in [0.1, 0.15) is 6.42 Å². The number of hydrogen-bond acceptors (Lipinski definition) is 3. The van der Waals surface area contributed by atoms with Gasteiger partial charge in [-0.3, -0.25) is 4.79 Å². The topological polar surface area (TPSA) is 60.4 Å². The van der Waals surface area contributed by atoms with Crippen LogP contribution in [-0.2, 0) is 9.59 Å². The van der Waals surface area contributed by atoms with Gasteiger partial charge in [-0.05, 0) is 6.42 Å². The summed E-state index contributed by atoms with van der Waals surface area (Å²) in [5, 5.41) is 9.83. The number of aliphatic carboxylic acids is 1. The zero-order valence-electron chi connectivity index (χ0n) is 4.79. The van der Waals surface area contributed by atoms with Gasteiger partial charge < -0.3 is 14.8 Å². The van der Waals surface area contributed by atoms with Gasteiger partial charge in [-0.2, -0.15) is 0 Å². The van der Waals surface area contributed by atoms with E-state index in [4.69, 9.17) is 0 Å². The summed E-state index contributed by atoms with van der Waals surface area (Å²) in [6.07, 6.45) is 0.902. The van der Waals surface area contributed by atoms with Crippen molar-refractivity contribution in [3.8, 4) is 0 Å². The first-order valence-electron chi connectivity index (χ1n) is 2.72. The number of hydrogen-bond donors (Lipinski definition) is 0. The van der Waals surface area contributed by atoms with Crippen molar-refractivity contribution in [1.29, 1.82) is 0 Å². The first-order chi connectivity index (χ1) is 4.22. The lowest BCUT2D eigenvalue weighted by Gasteiger charge is -2.30. The van der Waals surface area contributed by atoms with Crippen LogP contribution in [0.15, 0.2) is 0 Å². The second-order valence-corrected chi connectivity index (χ2v) is 1.93. The molecule has 0 spiro atoms. The van der Waals surface area contributed by atoms with E-state index in [0.29, 0.717) is 13.1 Å². The van der Waals surface area contributed by atoms with Crippen LogP contribution in [0, 0.1) is 0 Å². The van der Waals surface area contributed by atoms with Crippen LogP contribution in [0.25, 0.3) is 0 Å². The predicted molar refractivity (Wildman–Crippen MR) is 26.2 cm³/mol. The average Bonchev–Trinajstić information content (AvgIpc) is 1.60. The van der Waals surface area contributed by atoms with Crippen molar-refractivity contribution in [1.82, 2.24) is 4.90 Å². The first kappa shape index (κ1) is 6.07. The lowest BCUT2D eigenvalue weighted by atomic mass is 10.2. The van der Waals surface area contributed by atoms with Crippen LogP contribution in [0.4, 0.5) is 0 Å². The Morgan fingerprint density at radius 2 is 1.89 bits per heavy atom. The van der Waals surface area contributed by atoms with E-state index in [1.807, 2.05) is 0 Å². The third kappa shape index (κ3) is 1.01. The average molecular weight is 128 g/mol. The molecule has 50 valence electrons. The summed E-state index contributed by atoms with van der Waals surface area (Å²) in [6, 6.07) is 0. The molecule has 4 nitrogen and oxygen atoms in total. The van der Waals surface area contributed by atoms with E-state index in [-0.39, 0.29) is 0 Å². The Morgan fingerprint density at radius 3 is 2.00 bits per heavy atom. The van der Waals surface area contributed by atoms with Crippen molar-refractivity contribution >= 4 is 11.9 Å². The SMILES string of the molecule is O=C([O-])C(=O)N1CCC1. The molecule has 1 aliphatic rings. The number of carbonyl (C=O) groups excluding carboxylic acids is 2. The van der Waals surface area contributed by atoms with Crippen molar-refractivity contribution in [2.75, 3.05) is 13.1 Å². The fraction of sp³-hybridized carbons (Fsp3) is 0.600. The fourth-order valence-corrected chi connectivity index (χ4v) is 0.648. The number of carbonyl (C=O) groups is 2. The summed E-state index contributed by atoms with van der Waals surface area (Å²) in [6.45, 7) is 1.12. The summed E-state index contributed by atoms with van der Waals surface area (Å²) < 4.78 is 0. The van der Waals surface area contributed by atoms with E-state index in [1.165, 1.54) is 4.90 Å². The molecule has 1 aliphatic heterocycles. The van der Waals surface area contributed by atoms with Gasteiger partial charge in [0.25, 0.3) is 5.91 Å². The Hall–Kier alpha value is -1.06. The molecule has 0 aromatic carbocycles. The first-order valence-corrected chi connectivity index (χ1v) is 2.72. The molecule has 1 heterocycles. The van der Waals surface area contributed by atoms with Crippen LogP contribution in [0.5, 0.6) is 0 Å². The maximum absolute atomic E-state index is 10.4. The lowest BCUT2D eigenvalue weighted by molar-refractivity contribution is -0.302. The van der Waals surface area contributed by atoms with Gasteiger partial charge in [0.15, 0.2) is 0 Å². The van der Waals surface area contributed by atoms with Gasteiger partial charge in [0.1, 0.15) is 5.97 Å². The van der Waals surface area contributed by atoms with Crippen molar-refractivity contribution < 1.29 is 14.7 Å². The van der Waals surface area contributed by atoms with Gasteiger partial charge in [-0.1, -0.05) is 0 Å². The molecule has 0 atom stereocenters. The van der Waals surface area contributed by atoms with Gasteiger partial charge >= 0.3 is 0 Å². The highest BCUT2D eigenvalue weighted by molar-refractivity contribution is 6.30. The van der Waals surface area contributed by atoms with Crippen molar-refractivity contribution in [3.63, 3.8) is 0 Å². The predicted octanol–water partition coefficient (Wildman–Crippen LogP) is -2.03. The molecule has 1 amide bonds. The minimum absolute atomic E-state index is 0.562. The van der Waals surface area contributed by atoms with Crippen LogP contribution in [-0.4, -0.2) is 29.9 Å². The summed E-state index contributed by atoms with van der Waals surface area (Å²) in [7, 11) is 0. The van der Waals surface area contributed by atoms with Crippen LogP contribution < -0.4 is 5.11 Å². The van der Waals surface area contributed by atoms with Crippen LogP contribution >= 0.6 is 0 Å². The Morgan fingerprint density at radius 1 is 1.33 bits per heavy atom. The second-order valence-electron chi connectivity index (χ2n) is 1.93. The highest BCUT2D eigenvalue weighted by atomic mass is 16.4. The Kier molecular flexibility index (Phi) is 1.38. The molecule has 9 heavy (non-hydrogen) atoms. The minimum Gasteiger partial charge on any atom is -0.540 e. The van der Waals surface area contributed by atoms with Gasteiger partial charge in [-0.25, -0.2) is 0 Å². The monoisotopic (exact) mass is 128 g/mol.